The van der Waals surface area contributed by atoms with Crippen LogP contribution in [0.3, 0.4) is 0 Å². The smallest absolute Gasteiger partial charge is 0.434 e. The molecule has 0 unspecified atom stereocenters. The number of hydrogen-bond acceptors (Lipinski definition) is 9. The van der Waals surface area contributed by atoms with Crippen LogP contribution in [0.1, 0.15) is 54.6 Å². The first-order valence-corrected chi connectivity index (χ1v) is 15.1. The Morgan fingerprint density at radius 3 is 2.43 bits per heavy atom. The van der Waals surface area contributed by atoms with Crippen LogP contribution >= 0.6 is 0 Å². The lowest BCUT2D eigenvalue weighted by atomic mass is 10.1. The standard InChI is InChI=1S/C32H27F3N10O2/c1-43-16-39-26(42-43)22-11-20-12-36-27(24-25(18-7-8-18)37-15-38-30(24)47-2)41-29(20)45(31(22)46)13-17-3-5-19(6-4-17)28-40-23(32(33,34)35)14-44(28)21-9-10-21/h3-6,11-12,14-16,18,21H,7-10,13H2,1-2H3. The van der Waals surface area contributed by atoms with Gasteiger partial charge >= 0.3 is 6.18 Å². The SMILES string of the molecule is COc1ncnc(C2CC2)c1-c1ncc2cc(-c3ncn(C)n3)c(=O)n(Cc3ccc(-c4nc(C(F)(F)F)cn4C4CC4)cc3)c2n1. The van der Waals surface area contributed by atoms with E-state index in [-0.39, 0.29) is 41.3 Å². The molecule has 5 heterocycles. The highest BCUT2D eigenvalue weighted by molar-refractivity contribution is 5.82. The van der Waals surface area contributed by atoms with Crippen LogP contribution in [0.25, 0.3) is 45.2 Å². The number of ether oxygens (including phenoxy) is 1. The number of pyridine rings is 1. The summed E-state index contributed by atoms with van der Waals surface area (Å²) in [6, 6.07) is 8.68. The van der Waals surface area contributed by atoms with E-state index in [0.717, 1.165) is 43.1 Å². The maximum atomic E-state index is 14.1. The van der Waals surface area contributed by atoms with Crippen molar-refractivity contribution in [2.45, 2.75) is 50.4 Å². The van der Waals surface area contributed by atoms with Crippen LogP contribution in [-0.4, -0.2) is 55.9 Å². The average molecular weight is 641 g/mol. The third kappa shape index (κ3) is 5.30. The van der Waals surface area contributed by atoms with Crippen LogP contribution in [0.5, 0.6) is 5.88 Å². The summed E-state index contributed by atoms with van der Waals surface area (Å²) in [7, 11) is 3.24. The Labute approximate surface area is 265 Å². The zero-order valence-electron chi connectivity index (χ0n) is 25.3. The summed E-state index contributed by atoms with van der Waals surface area (Å²) in [5.74, 6) is 1.45. The Balaban J connectivity index is 1.24. The fourth-order valence-corrected chi connectivity index (χ4v) is 5.78. The zero-order valence-corrected chi connectivity index (χ0v) is 25.3. The molecule has 2 aliphatic rings. The number of aromatic nitrogens is 10. The first-order valence-electron chi connectivity index (χ1n) is 15.1. The molecule has 0 radical (unpaired) electrons. The van der Waals surface area contributed by atoms with Gasteiger partial charge in [0.15, 0.2) is 17.3 Å². The molecule has 8 rings (SSSR count). The van der Waals surface area contributed by atoms with E-state index < -0.39 is 11.9 Å². The number of halogens is 3. The molecule has 1 aromatic carbocycles. The predicted molar refractivity (Wildman–Crippen MR) is 163 cm³/mol. The van der Waals surface area contributed by atoms with Gasteiger partial charge in [0.05, 0.1) is 24.9 Å². The zero-order chi connectivity index (χ0) is 32.4. The van der Waals surface area contributed by atoms with Crippen molar-refractivity contribution in [1.29, 1.82) is 0 Å². The largest absolute Gasteiger partial charge is 0.480 e. The van der Waals surface area contributed by atoms with Crippen LogP contribution < -0.4 is 10.3 Å². The molecule has 2 fully saturated rings. The number of nitrogens with zero attached hydrogens (tertiary/aromatic N) is 10. The van der Waals surface area contributed by atoms with Gasteiger partial charge in [-0.3, -0.25) is 14.0 Å². The van der Waals surface area contributed by atoms with Crippen molar-refractivity contribution in [2.75, 3.05) is 7.11 Å². The maximum absolute atomic E-state index is 14.1. The molecule has 0 amide bonds. The minimum Gasteiger partial charge on any atom is -0.480 e. The molecule has 6 aromatic rings. The summed E-state index contributed by atoms with van der Waals surface area (Å²) >= 11 is 0. The molecular formula is C32H27F3N10O2. The normalized spacial score (nSPS) is 15.0. The summed E-state index contributed by atoms with van der Waals surface area (Å²) in [4.78, 5) is 40.7. The van der Waals surface area contributed by atoms with Crippen molar-refractivity contribution < 1.29 is 17.9 Å². The van der Waals surface area contributed by atoms with E-state index in [1.54, 1.807) is 48.1 Å². The summed E-state index contributed by atoms with van der Waals surface area (Å²) < 4.78 is 50.7. The van der Waals surface area contributed by atoms with Gasteiger partial charge in [0.2, 0.25) is 5.88 Å². The third-order valence-corrected chi connectivity index (χ3v) is 8.41. The summed E-state index contributed by atoms with van der Waals surface area (Å²) in [5, 5.41) is 4.93. The molecule has 5 aromatic heterocycles. The fraction of sp³-hybridized carbons (Fsp3) is 0.312. The first kappa shape index (κ1) is 29.0. The Morgan fingerprint density at radius 2 is 1.77 bits per heavy atom. The Hall–Kier alpha value is -5.47. The lowest BCUT2D eigenvalue weighted by Gasteiger charge is -2.14. The molecule has 2 aliphatic carbocycles. The number of imidazole rings is 1. The monoisotopic (exact) mass is 640 g/mol. The van der Waals surface area contributed by atoms with E-state index in [1.807, 2.05) is 0 Å². The highest BCUT2D eigenvalue weighted by Gasteiger charge is 2.37. The topological polar surface area (TPSA) is 131 Å². The first-order chi connectivity index (χ1) is 22.7. The van der Waals surface area contributed by atoms with Crippen LogP contribution in [0.2, 0.25) is 0 Å². The molecule has 0 atom stereocenters. The second kappa shape index (κ2) is 10.8. The highest BCUT2D eigenvalue weighted by Crippen LogP contribution is 2.45. The quantitative estimate of drug-likeness (QED) is 0.220. The van der Waals surface area contributed by atoms with E-state index in [4.69, 9.17) is 9.72 Å². The molecule has 12 nitrogen and oxygen atoms in total. The van der Waals surface area contributed by atoms with Gasteiger partial charge in [-0.25, -0.2) is 29.9 Å². The van der Waals surface area contributed by atoms with E-state index in [9.17, 15) is 18.0 Å². The molecule has 47 heavy (non-hydrogen) atoms. The van der Waals surface area contributed by atoms with E-state index in [1.165, 1.54) is 29.0 Å². The maximum Gasteiger partial charge on any atom is 0.434 e. The summed E-state index contributed by atoms with van der Waals surface area (Å²) in [6.45, 7) is 0.107. The molecule has 0 N–H and O–H groups in total. The second-order valence-corrected chi connectivity index (χ2v) is 11.9. The minimum absolute atomic E-state index is 0.00381. The average Bonchev–Trinajstić information content (AvgIpc) is 4.00. The van der Waals surface area contributed by atoms with Gasteiger partial charge in [0.1, 0.15) is 29.7 Å². The Bertz CT molecular complexity index is 2210. The number of rotatable bonds is 8. The van der Waals surface area contributed by atoms with Crippen LogP contribution in [-0.2, 0) is 19.8 Å². The van der Waals surface area contributed by atoms with Gasteiger partial charge in [-0.05, 0) is 37.3 Å². The summed E-state index contributed by atoms with van der Waals surface area (Å²) in [6.07, 6.45) is 4.75. The number of aryl methyl sites for hydroxylation is 1. The van der Waals surface area contributed by atoms with Gasteiger partial charge < -0.3 is 9.30 Å². The molecule has 2 saturated carbocycles. The lowest BCUT2D eigenvalue weighted by molar-refractivity contribution is -0.140. The van der Waals surface area contributed by atoms with Gasteiger partial charge in [0.25, 0.3) is 5.56 Å². The van der Waals surface area contributed by atoms with E-state index >= 15 is 0 Å². The van der Waals surface area contributed by atoms with Crippen molar-refractivity contribution in [1.82, 2.24) is 48.8 Å². The number of methoxy groups -OCH3 is 1. The van der Waals surface area contributed by atoms with Gasteiger partial charge in [0, 0.05) is 42.4 Å². The number of alkyl halides is 3. The summed E-state index contributed by atoms with van der Waals surface area (Å²) in [5.41, 5.74) is 2.02. The molecular weight excluding hydrogens is 613 g/mol. The second-order valence-electron chi connectivity index (χ2n) is 11.9. The van der Waals surface area contributed by atoms with Gasteiger partial charge in [-0.15, -0.1) is 0 Å². The highest BCUT2D eigenvalue weighted by atomic mass is 19.4. The minimum atomic E-state index is -4.54. The molecule has 0 aliphatic heterocycles. The Morgan fingerprint density at radius 1 is 0.979 bits per heavy atom. The molecule has 0 spiro atoms. The van der Waals surface area contributed by atoms with E-state index in [0.29, 0.717) is 33.9 Å². The van der Waals surface area contributed by atoms with Gasteiger partial charge in [-0.2, -0.15) is 18.3 Å². The lowest BCUT2D eigenvalue weighted by Crippen LogP contribution is -2.24. The van der Waals surface area contributed by atoms with Crippen LogP contribution in [0.4, 0.5) is 13.2 Å². The molecule has 15 heteroatoms. The predicted octanol–water partition coefficient (Wildman–Crippen LogP) is 5.20. The van der Waals surface area contributed by atoms with Crippen molar-refractivity contribution in [3.63, 3.8) is 0 Å². The van der Waals surface area contributed by atoms with Crippen molar-refractivity contribution in [3.05, 3.63) is 82.7 Å². The van der Waals surface area contributed by atoms with E-state index in [2.05, 4.69) is 30.0 Å². The Kier molecular flexibility index (Phi) is 6.66. The van der Waals surface area contributed by atoms with Gasteiger partial charge in [-0.1, -0.05) is 24.3 Å². The van der Waals surface area contributed by atoms with Crippen LogP contribution in [0.15, 0.2) is 60.2 Å². The molecule has 0 bridgehead atoms. The van der Waals surface area contributed by atoms with Crippen molar-refractivity contribution >= 4 is 11.0 Å². The van der Waals surface area contributed by atoms with Crippen molar-refractivity contribution in [3.8, 4) is 40.0 Å². The number of hydrogen-bond donors (Lipinski definition) is 0. The molecule has 0 saturated heterocycles. The van der Waals surface area contributed by atoms with Crippen molar-refractivity contribution in [2.24, 2.45) is 7.05 Å². The number of benzene rings is 1. The van der Waals surface area contributed by atoms with Crippen LogP contribution in [0, 0.1) is 0 Å². The third-order valence-electron chi connectivity index (χ3n) is 8.41. The number of fused-ring (bicyclic) bond motifs is 1. The fourth-order valence-electron chi connectivity index (χ4n) is 5.78. The molecule has 238 valence electrons.